The lowest BCUT2D eigenvalue weighted by Gasteiger charge is -2.34. The Bertz CT molecular complexity index is 490. The van der Waals surface area contributed by atoms with Crippen LogP contribution in [0.4, 0.5) is 0 Å². The highest BCUT2D eigenvalue weighted by Gasteiger charge is 2.30. The van der Waals surface area contributed by atoms with Gasteiger partial charge in [-0.1, -0.05) is 45.0 Å². The van der Waals surface area contributed by atoms with Crippen LogP contribution in [0.1, 0.15) is 51.7 Å². The van der Waals surface area contributed by atoms with Crippen molar-refractivity contribution in [3.63, 3.8) is 0 Å². The average molecular weight is 366 g/mol. The summed E-state index contributed by atoms with van der Waals surface area (Å²) in [6, 6.07) is 8.67. The van der Waals surface area contributed by atoms with Gasteiger partial charge in [-0.25, -0.2) is 4.31 Å². The van der Waals surface area contributed by atoms with Crippen LogP contribution in [0.15, 0.2) is 24.3 Å². The van der Waals surface area contributed by atoms with E-state index in [9.17, 15) is 9.13 Å². The molecule has 0 fully saturated rings. The van der Waals surface area contributed by atoms with Crippen LogP contribution >= 0.6 is 16.5 Å². The van der Waals surface area contributed by atoms with E-state index in [0.717, 1.165) is 25.9 Å². The fraction of sp³-hybridized carbons (Fsp3) is 0.600. The number of hydrogen-bond donors (Lipinski definition) is 2. The second kappa shape index (κ2) is 12.0. The van der Waals surface area contributed by atoms with E-state index in [1.54, 1.807) is 0 Å². The van der Waals surface area contributed by atoms with Gasteiger partial charge in [-0.2, -0.15) is 0 Å². The Morgan fingerprint density at radius 1 is 1.00 bits per heavy atom. The molecule has 134 valence electrons. The molecule has 6 nitrogen and oxygen atoms in total. The Morgan fingerprint density at radius 2 is 1.52 bits per heavy atom. The largest absolute Gasteiger partial charge is 0.371 e. The predicted octanol–water partition coefficient (Wildman–Crippen LogP) is 4.07. The maximum Gasteiger partial charge on any atom is 0.323 e. The summed E-state index contributed by atoms with van der Waals surface area (Å²) in [5.41, 5.74) is 2.71. The normalized spacial score (nSPS) is 13.8. The maximum absolute atomic E-state index is 9.44. The number of ether oxygens (including phenoxy) is 1. The highest BCUT2D eigenvalue weighted by Crippen LogP contribution is 2.35. The van der Waals surface area contributed by atoms with Gasteiger partial charge < -0.3 is 14.5 Å². The molecule has 0 radical (unpaired) electrons. The van der Waals surface area contributed by atoms with E-state index in [1.165, 1.54) is 11.1 Å². The molecule has 0 amide bonds. The van der Waals surface area contributed by atoms with Gasteiger partial charge in [0.2, 0.25) is 0 Å². The molecule has 1 rings (SSSR count). The third-order valence-electron chi connectivity index (χ3n) is 3.63. The highest BCUT2D eigenvalue weighted by molar-refractivity contribution is 7.46. The number of hydrogen-bond acceptors (Lipinski definition) is 4. The molecule has 0 aliphatic carbocycles. The monoisotopic (exact) mass is 366 g/mol. The van der Waals surface area contributed by atoms with Crippen LogP contribution in [0.2, 0.25) is 0 Å². The summed E-state index contributed by atoms with van der Waals surface area (Å²) < 4.78 is 28.4. The van der Waals surface area contributed by atoms with Gasteiger partial charge in [0.25, 0.3) is 0 Å². The van der Waals surface area contributed by atoms with Crippen LogP contribution < -0.4 is 0 Å². The summed E-state index contributed by atoms with van der Waals surface area (Å²) in [4.78, 5) is 15.4. The van der Waals surface area contributed by atoms with Gasteiger partial charge in [-0.15, -0.1) is 0 Å². The molecule has 0 aromatic heterocycles. The van der Waals surface area contributed by atoms with Crippen molar-refractivity contribution < 1.29 is 28.0 Å². The van der Waals surface area contributed by atoms with E-state index in [4.69, 9.17) is 14.5 Å². The van der Waals surface area contributed by atoms with Gasteiger partial charge in [0.05, 0.1) is 5.60 Å². The molecule has 0 aliphatic heterocycles. The van der Waals surface area contributed by atoms with Crippen LogP contribution in [0, 0.1) is 0 Å². The molecule has 0 heterocycles. The Kier molecular flexibility index (Phi) is 11.7. The van der Waals surface area contributed by atoms with Gasteiger partial charge in [0.15, 0.2) is 0 Å². The predicted molar refractivity (Wildman–Crippen MR) is 93.2 cm³/mol. The SMILES string of the molecule is CCOC(CC)(CC)c1ccccc1CC.O=[PH](O)O[PH](=O)O. The van der Waals surface area contributed by atoms with Gasteiger partial charge in [-0.05, 0) is 37.3 Å². The summed E-state index contributed by atoms with van der Waals surface area (Å²) in [5, 5.41) is 0. The lowest BCUT2D eigenvalue weighted by molar-refractivity contribution is -0.0511. The first-order chi connectivity index (χ1) is 10.9. The summed E-state index contributed by atoms with van der Waals surface area (Å²) in [6.45, 7) is 9.49. The first-order valence-electron chi connectivity index (χ1n) is 7.72. The molecule has 1 aromatic carbocycles. The van der Waals surface area contributed by atoms with Crippen molar-refractivity contribution >= 4 is 16.5 Å². The first-order valence-corrected chi connectivity index (χ1v) is 10.3. The van der Waals surface area contributed by atoms with Crippen LogP contribution in [0.3, 0.4) is 0 Å². The van der Waals surface area contributed by atoms with E-state index in [0.29, 0.717) is 0 Å². The molecule has 0 bridgehead atoms. The zero-order chi connectivity index (χ0) is 17.9. The fourth-order valence-electron chi connectivity index (χ4n) is 2.54. The minimum Gasteiger partial charge on any atom is -0.371 e. The minimum atomic E-state index is -3.20. The smallest absolute Gasteiger partial charge is 0.323 e. The third kappa shape index (κ3) is 7.75. The van der Waals surface area contributed by atoms with Crippen molar-refractivity contribution in [2.75, 3.05) is 6.61 Å². The van der Waals surface area contributed by atoms with Gasteiger partial charge >= 0.3 is 16.5 Å². The first kappa shape index (κ1) is 22.5. The summed E-state index contributed by atoms with van der Waals surface area (Å²) in [6.07, 6.45) is 3.15. The fourth-order valence-corrected chi connectivity index (χ4v) is 3.13. The van der Waals surface area contributed by atoms with Crippen LogP contribution in [-0.4, -0.2) is 16.4 Å². The van der Waals surface area contributed by atoms with Crippen molar-refractivity contribution in [2.45, 2.75) is 52.6 Å². The minimum absolute atomic E-state index is 0.0820. The zero-order valence-corrected chi connectivity index (χ0v) is 16.2. The van der Waals surface area contributed by atoms with E-state index in [-0.39, 0.29) is 5.60 Å². The average Bonchev–Trinajstić information content (AvgIpc) is 2.52. The second-order valence-electron chi connectivity index (χ2n) is 4.78. The molecular formula is C15H28O6P2. The van der Waals surface area contributed by atoms with Gasteiger partial charge in [0.1, 0.15) is 0 Å². The molecule has 0 saturated heterocycles. The van der Waals surface area contributed by atoms with E-state index >= 15 is 0 Å². The molecule has 1 aromatic rings. The van der Waals surface area contributed by atoms with Crippen LogP contribution in [-0.2, 0) is 30.2 Å². The summed E-state index contributed by atoms with van der Waals surface area (Å²) in [7, 11) is -6.40. The zero-order valence-electron chi connectivity index (χ0n) is 14.2. The van der Waals surface area contributed by atoms with Crippen molar-refractivity contribution in [1.29, 1.82) is 0 Å². The molecule has 0 aliphatic rings. The highest BCUT2D eigenvalue weighted by atomic mass is 31.2. The van der Waals surface area contributed by atoms with Crippen molar-refractivity contribution in [3.05, 3.63) is 35.4 Å². The number of benzene rings is 1. The van der Waals surface area contributed by atoms with E-state index in [2.05, 4.69) is 56.3 Å². The third-order valence-corrected chi connectivity index (χ3v) is 5.02. The number of aryl methyl sites for hydroxylation is 1. The van der Waals surface area contributed by atoms with Crippen LogP contribution in [0.25, 0.3) is 0 Å². The lowest BCUT2D eigenvalue weighted by atomic mass is 9.84. The van der Waals surface area contributed by atoms with Crippen LogP contribution in [0.5, 0.6) is 0 Å². The molecular weight excluding hydrogens is 338 g/mol. The molecule has 0 spiro atoms. The lowest BCUT2D eigenvalue weighted by Crippen LogP contribution is -2.29. The molecule has 2 atom stereocenters. The standard InChI is InChI=1S/C15H24O.H4O5P2/c1-5-13-11-9-10-12-14(13)15(6-2,7-3)16-8-4;1-6(2)5-7(3)4/h9-12H,5-8H2,1-4H3;6-7H,(H,1,2)(H,3,4). The van der Waals surface area contributed by atoms with E-state index < -0.39 is 16.5 Å². The molecule has 23 heavy (non-hydrogen) atoms. The number of rotatable bonds is 8. The molecule has 2 N–H and O–H groups in total. The summed E-state index contributed by atoms with van der Waals surface area (Å²) in [5.74, 6) is 0. The molecule has 0 saturated carbocycles. The van der Waals surface area contributed by atoms with Gasteiger partial charge in [-0.3, -0.25) is 9.13 Å². The Morgan fingerprint density at radius 3 is 1.87 bits per heavy atom. The molecule has 8 heteroatoms. The van der Waals surface area contributed by atoms with Crippen molar-refractivity contribution in [2.24, 2.45) is 0 Å². The van der Waals surface area contributed by atoms with Crippen molar-refractivity contribution in [1.82, 2.24) is 0 Å². The topological polar surface area (TPSA) is 93.1 Å². The van der Waals surface area contributed by atoms with Crippen molar-refractivity contribution in [3.8, 4) is 0 Å². The van der Waals surface area contributed by atoms with Gasteiger partial charge in [0, 0.05) is 6.61 Å². The summed E-state index contributed by atoms with van der Waals surface area (Å²) >= 11 is 0. The Hall–Kier alpha value is -0.480. The second-order valence-corrected chi connectivity index (χ2v) is 6.66. The maximum atomic E-state index is 9.44. The molecule has 2 unspecified atom stereocenters. The van der Waals surface area contributed by atoms with E-state index in [1.807, 2.05) is 0 Å². The quantitative estimate of drug-likeness (QED) is 0.674. The Balaban J connectivity index is 0.000000585. The Labute approximate surface area is 139 Å².